The van der Waals surface area contributed by atoms with Crippen LogP contribution in [0.15, 0.2) is 18.2 Å². The molecule has 17 heavy (non-hydrogen) atoms. The summed E-state index contributed by atoms with van der Waals surface area (Å²) in [5.41, 5.74) is 5.75. The topological polar surface area (TPSA) is 52.3 Å². The molecule has 94 valence electrons. The predicted molar refractivity (Wildman–Crippen MR) is 62.5 cm³/mol. The van der Waals surface area contributed by atoms with Crippen molar-refractivity contribution in [2.45, 2.75) is 11.8 Å². The Kier molecular flexibility index (Phi) is 5.37. The van der Waals surface area contributed by atoms with Gasteiger partial charge in [-0.25, -0.2) is 8.78 Å². The molecule has 0 aliphatic rings. The van der Waals surface area contributed by atoms with Crippen molar-refractivity contribution in [1.82, 2.24) is 0 Å². The van der Waals surface area contributed by atoms with Crippen molar-refractivity contribution in [3.63, 3.8) is 0 Å². The summed E-state index contributed by atoms with van der Waals surface area (Å²) in [5, 5.41) is 0. The number of methoxy groups -OCH3 is 1. The molecule has 0 heterocycles. The Morgan fingerprint density at radius 2 is 2.24 bits per heavy atom. The Morgan fingerprint density at radius 1 is 1.53 bits per heavy atom. The standard InChI is InChI=1S/C11H13F2NO2S/c1-16-11(15)10(14)6-17-5-7-4-8(12)2-3-9(7)13/h2-4,10H,5-6,14H2,1H3. The van der Waals surface area contributed by atoms with Crippen molar-refractivity contribution in [1.29, 1.82) is 0 Å². The number of thioether (sulfide) groups is 1. The number of hydrogen-bond donors (Lipinski definition) is 1. The summed E-state index contributed by atoms with van der Waals surface area (Å²) < 4.78 is 30.5. The van der Waals surface area contributed by atoms with Gasteiger partial charge in [0.15, 0.2) is 0 Å². The Morgan fingerprint density at radius 3 is 2.88 bits per heavy atom. The third kappa shape index (κ3) is 4.32. The lowest BCUT2D eigenvalue weighted by molar-refractivity contribution is -0.141. The molecule has 0 spiro atoms. The summed E-state index contributed by atoms with van der Waals surface area (Å²) in [4.78, 5) is 11.0. The van der Waals surface area contributed by atoms with Crippen LogP contribution in [0.4, 0.5) is 8.78 Å². The Labute approximate surface area is 102 Å². The molecule has 0 saturated heterocycles. The van der Waals surface area contributed by atoms with Crippen LogP contribution in [-0.2, 0) is 15.3 Å². The van der Waals surface area contributed by atoms with Crippen LogP contribution < -0.4 is 5.73 Å². The molecule has 1 rings (SSSR count). The number of ether oxygens (including phenoxy) is 1. The highest BCUT2D eigenvalue weighted by molar-refractivity contribution is 7.98. The monoisotopic (exact) mass is 261 g/mol. The van der Waals surface area contributed by atoms with E-state index in [1.165, 1.54) is 18.9 Å². The first-order chi connectivity index (χ1) is 8.04. The largest absolute Gasteiger partial charge is 0.468 e. The van der Waals surface area contributed by atoms with Gasteiger partial charge in [0.2, 0.25) is 0 Å². The number of nitrogens with two attached hydrogens (primary N) is 1. The molecule has 0 bridgehead atoms. The maximum Gasteiger partial charge on any atom is 0.323 e. The molecule has 0 amide bonds. The van der Waals surface area contributed by atoms with Crippen LogP contribution >= 0.6 is 11.8 Å². The number of rotatable bonds is 5. The molecular weight excluding hydrogens is 248 g/mol. The SMILES string of the molecule is COC(=O)C(N)CSCc1cc(F)ccc1F. The van der Waals surface area contributed by atoms with E-state index in [9.17, 15) is 13.6 Å². The highest BCUT2D eigenvalue weighted by Gasteiger charge is 2.13. The lowest BCUT2D eigenvalue weighted by atomic mass is 10.2. The third-order valence-corrected chi connectivity index (χ3v) is 3.18. The van der Waals surface area contributed by atoms with Crippen molar-refractivity contribution in [2.75, 3.05) is 12.9 Å². The first-order valence-corrected chi connectivity index (χ1v) is 6.05. The second-order valence-electron chi connectivity index (χ2n) is 3.38. The molecule has 1 aromatic rings. The average Bonchev–Trinajstić information content (AvgIpc) is 2.32. The molecule has 3 nitrogen and oxygen atoms in total. The minimum Gasteiger partial charge on any atom is -0.468 e. The highest BCUT2D eigenvalue weighted by Crippen LogP contribution is 2.17. The zero-order valence-electron chi connectivity index (χ0n) is 9.28. The molecule has 0 fully saturated rings. The van der Waals surface area contributed by atoms with Gasteiger partial charge >= 0.3 is 5.97 Å². The summed E-state index contributed by atoms with van der Waals surface area (Å²) in [7, 11) is 1.25. The molecule has 0 radical (unpaired) electrons. The van der Waals surface area contributed by atoms with E-state index >= 15 is 0 Å². The smallest absolute Gasteiger partial charge is 0.323 e. The van der Waals surface area contributed by atoms with E-state index in [4.69, 9.17) is 5.73 Å². The predicted octanol–water partition coefficient (Wildman–Crippen LogP) is 1.70. The Balaban J connectivity index is 2.45. The third-order valence-electron chi connectivity index (χ3n) is 2.07. The first-order valence-electron chi connectivity index (χ1n) is 4.89. The van der Waals surface area contributed by atoms with Crippen LogP contribution in [0.1, 0.15) is 5.56 Å². The van der Waals surface area contributed by atoms with Gasteiger partial charge < -0.3 is 10.5 Å². The van der Waals surface area contributed by atoms with E-state index in [1.54, 1.807) is 0 Å². The van der Waals surface area contributed by atoms with Crippen molar-refractivity contribution in [3.05, 3.63) is 35.4 Å². The molecule has 1 aromatic carbocycles. The first kappa shape index (κ1) is 13.9. The van der Waals surface area contributed by atoms with E-state index in [2.05, 4.69) is 4.74 Å². The van der Waals surface area contributed by atoms with Crippen LogP contribution in [-0.4, -0.2) is 24.9 Å². The summed E-state index contributed by atoms with van der Waals surface area (Å²) in [6.07, 6.45) is 0. The summed E-state index contributed by atoms with van der Waals surface area (Å²) in [6.45, 7) is 0. The van der Waals surface area contributed by atoms with E-state index in [-0.39, 0.29) is 11.3 Å². The maximum absolute atomic E-state index is 13.2. The van der Waals surface area contributed by atoms with Crippen LogP contribution in [0, 0.1) is 11.6 Å². The molecule has 0 aromatic heterocycles. The molecule has 1 unspecified atom stereocenters. The number of carbonyl (C=O) groups excluding carboxylic acids is 1. The number of esters is 1. The summed E-state index contributed by atoms with van der Waals surface area (Å²) in [5.74, 6) is -0.918. The van der Waals surface area contributed by atoms with Gasteiger partial charge in [0.25, 0.3) is 0 Å². The van der Waals surface area contributed by atoms with Crippen molar-refractivity contribution < 1.29 is 18.3 Å². The van der Waals surface area contributed by atoms with E-state index < -0.39 is 23.6 Å². The lowest BCUT2D eigenvalue weighted by Gasteiger charge is -2.09. The van der Waals surface area contributed by atoms with Gasteiger partial charge in [-0.2, -0.15) is 11.8 Å². The molecule has 2 N–H and O–H groups in total. The number of halogens is 2. The van der Waals surface area contributed by atoms with Gasteiger partial charge in [-0.1, -0.05) is 0 Å². The molecule has 6 heteroatoms. The number of carbonyl (C=O) groups is 1. The maximum atomic E-state index is 13.2. The van der Waals surface area contributed by atoms with Gasteiger partial charge in [0.05, 0.1) is 7.11 Å². The van der Waals surface area contributed by atoms with Gasteiger partial charge in [-0.3, -0.25) is 4.79 Å². The minimum atomic E-state index is -0.748. The second-order valence-corrected chi connectivity index (χ2v) is 4.41. The normalized spacial score (nSPS) is 12.2. The van der Waals surface area contributed by atoms with Crippen molar-refractivity contribution in [2.24, 2.45) is 5.73 Å². The van der Waals surface area contributed by atoms with Gasteiger partial charge in [-0.15, -0.1) is 0 Å². The van der Waals surface area contributed by atoms with E-state index in [0.717, 1.165) is 18.2 Å². The molecule has 0 saturated carbocycles. The zero-order chi connectivity index (χ0) is 12.8. The second kappa shape index (κ2) is 6.56. The molecule has 0 aliphatic carbocycles. The number of benzene rings is 1. The fourth-order valence-corrected chi connectivity index (χ4v) is 2.12. The molecule has 0 aliphatic heterocycles. The quantitative estimate of drug-likeness (QED) is 0.820. The summed E-state index contributed by atoms with van der Waals surface area (Å²) in [6, 6.07) is 2.52. The van der Waals surface area contributed by atoms with Gasteiger partial charge in [-0.05, 0) is 18.2 Å². The number of hydrogen-bond acceptors (Lipinski definition) is 4. The molecule has 1 atom stereocenters. The van der Waals surface area contributed by atoms with Crippen LogP contribution in [0.25, 0.3) is 0 Å². The van der Waals surface area contributed by atoms with Crippen molar-refractivity contribution >= 4 is 17.7 Å². The average molecular weight is 261 g/mol. The fraction of sp³-hybridized carbons (Fsp3) is 0.364. The highest BCUT2D eigenvalue weighted by atomic mass is 32.2. The van der Waals surface area contributed by atoms with Gasteiger partial charge in [0, 0.05) is 17.1 Å². The summed E-state index contributed by atoms with van der Waals surface area (Å²) >= 11 is 1.25. The minimum absolute atomic E-state index is 0.257. The van der Waals surface area contributed by atoms with Crippen LogP contribution in [0.5, 0.6) is 0 Å². The van der Waals surface area contributed by atoms with E-state index in [1.807, 2.05) is 0 Å². The Bertz CT molecular complexity index is 401. The lowest BCUT2D eigenvalue weighted by Crippen LogP contribution is -2.33. The van der Waals surface area contributed by atoms with Crippen molar-refractivity contribution in [3.8, 4) is 0 Å². The van der Waals surface area contributed by atoms with E-state index in [0.29, 0.717) is 5.75 Å². The fourth-order valence-electron chi connectivity index (χ4n) is 1.17. The van der Waals surface area contributed by atoms with Crippen LogP contribution in [0.2, 0.25) is 0 Å². The molecular formula is C11H13F2NO2S. The Hall–Kier alpha value is -1.14. The van der Waals surface area contributed by atoms with Crippen LogP contribution in [0.3, 0.4) is 0 Å². The zero-order valence-corrected chi connectivity index (χ0v) is 10.1. The van der Waals surface area contributed by atoms with Gasteiger partial charge in [0.1, 0.15) is 17.7 Å².